The van der Waals surface area contributed by atoms with Crippen LogP contribution in [-0.2, 0) is 11.2 Å². The molecular formula is C22H27Cl2NO3. The number of carbonyl (C=O) groups excluding carboxylic acids is 1. The number of carbonyl (C=O) groups is 1. The van der Waals surface area contributed by atoms with Crippen LogP contribution in [0.5, 0.6) is 11.5 Å². The fourth-order valence-electron chi connectivity index (χ4n) is 2.85. The number of hydrogen-bond donors (Lipinski definition) is 2. The Hall–Kier alpha value is -1.91. The highest BCUT2D eigenvalue weighted by atomic mass is 35.5. The molecule has 0 fully saturated rings. The number of nitrogens with one attached hydrogen (secondary N) is 1. The van der Waals surface area contributed by atoms with E-state index in [4.69, 9.17) is 27.9 Å². The SMILES string of the molecule is CCCCCCc1ccccc1OC(C)C(=O)Nc1cc(Cl)c(C)c(Cl)c1O. The van der Waals surface area contributed by atoms with Gasteiger partial charge in [-0.3, -0.25) is 4.79 Å². The van der Waals surface area contributed by atoms with Crippen LogP contribution in [0.4, 0.5) is 5.69 Å². The third kappa shape index (κ3) is 5.79. The summed E-state index contributed by atoms with van der Waals surface area (Å²) in [7, 11) is 0. The molecule has 28 heavy (non-hydrogen) atoms. The molecule has 2 rings (SSSR count). The van der Waals surface area contributed by atoms with Crippen molar-refractivity contribution in [2.75, 3.05) is 5.32 Å². The van der Waals surface area contributed by atoms with Crippen LogP contribution in [0.2, 0.25) is 10.0 Å². The molecule has 1 amide bonds. The van der Waals surface area contributed by atoms with E-state index in [1.807, 2.05) is 24.3 Å². The maximum atomic E-state index is 12.6. The van der Waals surface area contributed by atoms with E-state index in [1.165, 1.54) is 25.3 Å². The smallest absolute Gasteiger partial charge is 0.265 e. The van der Waals surface area contributed by atoms with Gasteiger partial charge in [-0.05, 0) is 49.9 Å². The second-order valence-corrected chi connectivity index (χ2v) is 7.65. The number of halogens is 2. The van der Waals surface area contributed by atoms with E-state index in [9.17, 15) is 9.90 Å². The molecule has 0 aromatic heterocycles. The lowest BCUT2D eigenvalue weighted by atomic mass is 10.1. The molecule has 0 radical (unpaired) electrons. The standard InChI is InChI=1S/C22H27Cl2NO3/c1-4-5-6-7-10-16-11-8-9-12-19(16)28-15(3)22(27)25-18-13-17(23)14(2)20(24)21(18)26/h8-9,11-13,15,26H,4-7,10H2,1-3H3,(H,25,27). The first-order valence-corrected chi connectivity index (χ1v) is 10.3. The molecule has 0 saturated heterocycles. The molecule has 0 heterocycles. The first-order chi connectivity index (χ1) is 13.3. The van der Waals surface area contributed by atoms with Crippen LogP contribution in [0.25, 0.3) is 0 Å². The van der Waals surface area contributed by atoms with Gasteiger partial charge >= 0.3 is 0 Å². The van der Waals surface area contributed by atoms with E-state index in [0.29, 0.717) is 16.3 Å². The number of aryl methyl sites for hydroxylation is 1. The summed E-state index contributed by atoms with van der Waals surface area (Å²) in [6, 6.07) is 9.24. The van der Waals surface area contributed by atoms with Gasteiger partial charge in [0.05, 0.1) is 10.7 Å². The largest absolute Gasteiger partial charge is 0.504 e. The molecular weight excluding hydrogens is 397 g/mol. The van der Waals surface area contributed by atoms with E-state index >= 15 is 0 Å². The lowest BCUT2D eigenvalue weighted by molar-refractivity contribution is -0.122. The summed E-state index contributed by atoms with van der Waals surface area (Å²) in [6.45, 7) is 5.54. The fraction of sp³-hybridized carbons (Fsp3) is 0.409. The van der Waals surface area contributed by atoms with Gasteiger partial charge in [0.1, 0.15) is 5.75 Å². The van der Waals surface area contributed by atoms with Crippen molar-refractivity contribution in [3.05, 3.63) is 51.5 Å². The Balaban J connectivity index is 2.05. The molecule has 152 valence electrons. The maximum Gasteiger partial charge on any atom is 0.265 e. The van der Waals surface area contributed by atoms with Crippen molar-refractivity contribution in [2.45, 2.75) is 59.0 Å². The van der Waals surface area contributed by atoms with Crippen LogP contribution in [0, 0.1) is 6.92 Å². The summed E-state index contributed by atoms with van der Waals surface area (Å²) < 4.78 is 5.90. The molecule has 2 aromatic carbocycles. The number of benzene rings is 2. The van der Waals surface area contributed by atoms with Crippen molar-refractivity contribution in [2.24, 2.45) is 0 Å². The van der Waals surface area contributed by atoms with Gasteiger partial charge in [-0.25, -0.2) is 0 Å². The van der Waals surface area contributed by atoms with Crippen molar-refractivity contribution >= 4 is 34.8 Å². The number of phenols is 1. The molecule has 0 aliphatic carbocycles. The summed E-state index contributed by atoms with van der Waals surface area (Å²) >= 11 is 12.2. The maximum absolute atomic E-state index is 12.6. The van der Waals surface area contributed by atoms with Crippen molar-refractivity contribution in [1.29, 1.82) is 0 Å². The molecule has 0 saturated carbocycles. The minimum absolute atomic E-state index is 0.119. The van der Waals surface area contributed by atoms with Crippen LogP contribution in [0.1, 0.15) is 50.7 Å². The molecule has 1 unspecified atom stereocenters. The first kappa shape index (κ1) is 22.4. The summed E-state index contributed by atoms with van der Waals surface area (Å²) in [4.78, 5) is 12.6. The van der Waals surface area contributed by atoms with E-state index in [-0.39, 0.29) is 16.5 Å². The number of para-hydroxylation sites is 1. The van der Waals surface area contributed by atoms with Crippen molar-refractivity contribution in [3.8, 4) is 11.5 Å². The monoisotopic (exact) mass is 423 g/mol. The van der Waals surface area contributed by atoms with E-state index in [1.54, 1.807) is 13.8 Å². The lowest BCUT2D eigenvalue weighted by Crippen LogP contribution is -2.30. The zero-order valence-electron chi connectivity index (χ0n) is 16.5. The van der Waals surface area contributed by atoms with Crippen molar-refractivity contribution < 1.29 is 14.6 Å². The number of aromatic hydroxyl groups is 1. The quantitative estimate of drug-likeness (QED) is 0.355. The first-order valence-electron chi connectivity index (χ1n) is 9.58. The van der Waals surface area contributed by atoms with E-state index in [0.717, 1.165) is 18.4 Å². The highest BCUT2D eigenvalue weighted by molar-refractivity contribution is 6.37. The third-order valence-corrected chi connectivity index (χ3v) is 5.48. The minimum Gasteiger partial charge on any atom is -0.504 e. The topological polar surface area (TPSA) is 58.6 Å². The van der Waals surface area contributed by atoms with Crippen molar-refractivity contribution in [1.82, 2.24) is 0 Å². The van der Waals surface area contributed by atoms with Gasteiger partial charge in [0.2, 0.25) is 0 Å². The Kier molecular flexibility index (Phi) is 8.46. The minimum atomic E-state index is -0.755. The van der Waals surface area contributed by atoms with Gasteiger partial charge in [0, 0.05) is 5.02 Å². The number of rotatable bonds is 9. The zero-order valence-corrected chi connectivity index (χ0v) is 18.0. The van der Waals surface area contributed by atoms with E-state index in [2.05, 4.69) is 12.2 Å². The summed E-state index contributed by atoms with van der Waals surface area (Å²) in [5.74, 6) is 0.0957. The van der Waals surface area contributed by atoms with Crippen LogP contribution in [-0.4, -0.2) is 17.1 Å². The lowest BCUT2D eigenvalue weighted by Gasteiger charge is -2.18. The molecule has 0 bridgehead atoms. The van der Waals surface area contributed by atoms with Crippen LogP contribution in [0.3, 0.4) is 0 Å². The van der Waals surface area contributed by atoms with Crippen LogP contribution >= 0.6 is 23.2 Å². The Morgan fingerprint density at radius 2 is 1.93 bits per heavy atom. The van der Waals surface area contributed by atoms with Gasteiger partial charge in [-0.1, -0.05) is 67.6 Å². The molecule has 0 aliphatic rings. The molecule has 2 N–H and O–H groups in total. The molecule has 0 aliphatic heterocycles. The van der Waals surface area contributed by atoms with Gasteiger partial charge < -0.3 is 15.2 Å². The van der Waals surface area contributed by atoms with Gasteiger partial charge in [0.25, 0.3) is 5.91 Å². The predicted molar refractivity (Wildman–Crippen MR) is 116 cm³/mol. The second-order valence-electron chi connectivity index (χ2n) is 6.86. The average molecular weight is 424 g/mol. The number of phenolic OH excluding ortho intramolecular Hbond substituents is 1. The fourth-order valence-corrected chi connectivity index (χ4v) is 3.30. The van der Waals surface area contributed by atoms with Gasteiger partial charge in [-0.15, -0.1) is 0 Å². The molecule has 6 heteroatoms. The molecule has 0 spiro atoms. The Morgan fingerprint density at radius 1 is 1.21 bits per heavy atom. The third-order valence-electron chi connectivity index (χ3n) is 4.62. The Bertz CT molecular complexity index is 824. The Morgan fingerprint density at radius 3 is 2.64 bits per heavy atom. The zero-order chi connectivity index (χ0) is 20.7. The normalized spacial score (nSPS) is 11.9. The van der Waals surface area contributed by atoms with Gasteiger partial charge in [-0.2, -0.15) is 0 Å². The Labute approximate surface area is 176 Å². The predicted octanol–water partition coefficient (Wildman–Crippen LogP) is 6.54. The summed E-state index contributed by atoms with van der Waals surface area (Å²) in [5, 5.41) is 13.3. The number of anilines is 1. The molecule has 4 nitrogen and oxygen atoms in total. The van der Waals surface area contributed by atoms with Crippen LogP contribution in [0.15, 0.2) is 30.3 Å². The van der Waals surface area contributed by atoms with Crippen molar-refractivity contribution in [3.63, 3.8) is 0 Å². The molecule has 1 atom stereocenters. The number of unbranched alkanes of at least 4 members (excludes halogenated alkanes) is 3. The molecule has 2 aromatic rings. The number of hydrogen-bond acceptors (Lipinski definition) is 3. The summed E-state index contributed by atoms with van der Waals surface area (Å²) in [6.07, 6.45) is 4.82. The number of ether oxygens (including phenoxy) is 1. The van der Waals surface area contributed by atoms with Crippen LogP contribution < -0.4 is 10.1 Å². The van der Waals surface area contributed by atoms with E-state index < -0.39 is 12.0 Å². The highest BCUT2D eigenvalue weighted by Crippen LogP contribution is 2.38. The second kappa shape index (κ2) is 10.6. The number of amides is 1. The average Bonchev–Trinajstić information content (AvgIpc) is 2.68. The highest BCUT2D eigenvalue weighted by Gasteiger charge is 2.20. The van der Waals surface area contributed by atoms with Gasteiger partial charge in [0.15, 0.2) is 11.9 Å². The summed E-state index contributed by atoms with van der Waals surface area (Å²) in [5.41, 5.74) is 1.80.